The Morgan fingerprint density at radius 2 is 1.79 bits per heavy atom. The lowest BCUT2D eigenvalue weighted by Crippen LogP contribution is -2.37. The molecule has 3 N–H and O–H groups in total. The van der Waals surface area contributed by atoms with E-state index in [9.17, 15) is 19.8 Å². The maximum atomic E-state index is 12.1. The summed E-state index contributed by atoms with van der Waals surface area (Å²) in [6, 6.07) is -0.237. The summed E-state index contributed by atoms with van der Waals surface area (Å²) in [5, 5.41) is 21.8. The summed E-state index contributed by atoms with van der Waals surface area (Å²) in [5.74, 6) is 0.129. The average Bonchev–Trinajstić information content (AvgIpc) is 2.95. The van der Waals surface area contributed by atoms with Gasteiger partial charge in [-0.25, -0.2) is 0 Å². The molecule has 2 atom stereocenters. The van der Waals surface area contributed by atoms with Gasteiger partial charge in [0.25, 0.3) is 0 Å². The summed E-state index contributed by atoms with van der Waals surface area (Å²) in [6.45, 7) is 3.06. The van der Waals surface area contributed by atoms with Crippen LogP contribution in [-0.2, 0) is 9.59 Å². The lowest BCUT2D eigenvalue weighted by atomic mass is 10.1. The van der Waals surface area contributed by atoms with Gasteiger partial charge in [-0.15, -0.1) is 0 Å². The number of hydrogen-bond donors (Lipinski definition) is 3. The van der Waals surface area contributed by atoms with E-state index in [1.807, 2.05) is 0 Å². The number of aliphatic hydroxyl groups is 2. The number of amides is 2. The molecule has 1 aliphatic heterocycles. The van der Waals surface area contributed by atoms with Crippen LogP contribution in [0.2, 0.25) is 0 Å². The highest BCUT2D eigenvalue weighted by molar-refractivity contribution is 5.77. The zero-order valence-electron chi connectivity index (χ0n) is 15.0. The van der Waals surface area contributed by atoms with Crippen LogP contribution in [0.5, 0.6) is 0 Å². The second-order valence-corrected chi connectivity index (χ2v) is 6.74. The second kappa shape index (κ2) is 12.3. The van der Waals surface area contributed by atoms with Gasteiger partial charge in [0.15, 0.2) is 0 Å². The van der Waals surface area contributed by atoms with Crippen LogP contribution in [0.4, 0.5) is 0 Å². The molecule has 0 unspecified atom stereocenters. The first kappa shape index (κ1) is 20.9. The topological polar surface area (TPSA) is 89.9 Å². The van der Waals surface area contributed by atoms with E-state index in [1.54, 1.807) is 4.90 Å². The van der Waals surface area contributed by atoms with Gasteiger partial charge in [0.05, 0.1) is 18.8 Å². The number of likely N-dealkylation sites (tertiary alicyclic amines) is 1. The van der Waals surface area contributed by atoms with Crippen molar-refractivity contribution in [3.63, 3.8) is 0 Å². The number of unbranched alkanes of at least 4 members (excludes halogenated alkanes) is 5. The predicted octanol–water partition coefficient (Wildman–Crippen LogP) is 1.59. The summed E-state index contributed by atoms with van der Waals surface area (Å²) in [4.78, 5) is 25.3. The first-order chi connectivity index (χ1) is 11.6. The van der Waals surface area contributed by atoms with Crippen molar-refractivity contribution in [3.05, 3.63) is 0 Å². The SMILES string of the molecule is CCCCCCC(=O)NCCCCCC(=O)N1C[C@H](O)C[C@H]1CO. The van der Waals surface area contributed by atoms with Gasteiger partial charge in [0.1, 0.15) is 0 Å². The van der Waals surface area contributed by atoms with Gasteiger partial charge in [0, 0.05) is 25.9 Å². The maximum Gasteiger partial charge on any atom is 0.222 e. The second-order valence-electron chi connectivity index (χ2n) is 6.74. The number of β-amino-alcohol motifs (C(OH)–C–C–N with tert-alkyl or cyclic N) is 1. The fourth-order valence-corrected chi connectivity index (χ4v) is 3.12. The van der Waals surface area contributed by atoms with Gasteiger partial charge in [0.2, 0.25) is 11.8 Å². The smallest absolute Gasteiger partial charge is 0.222 e. The molecule has 0 spiro atoms. The molecule has 1 heterocycles. The number of rotatable bonds is 12. The normalized spacial score (nSPS) is 20.4. The molecule has 6 nitrogen and oxygen atoms in total. The van der Waals surface area contributed by atoms with Crippen LogP contribution in [-0.4, -0.2) is 58.8 Å². The quantitative estimate of drug-likeness (QED) is 0.470. The zero-order chi connectivity index (χ0) is 17.8. The maximum absolute atomic E-state index is 12.1. The minimum atomic E-state index is -0.515. The number of carbonyl (C=O) groups excluding carboxylic acids is 2. The van der Waals surface area contributed by atoms with Gasteiger partial charge >= 0.3 is 0 Å². The molecule has 0 saturated carbocycles. The van der Waals surface area contributed by atoms with E-state index in [1.165, 1.54) is 12.8 Å². The van der Waals surface area contributed by atoms with Gasteiger partial charge < -0.3 is 20.4 Å². The Morgan fingerprint density at radius 3 is 2.50 bits per heavy atom. The van der Waals surface area contributed by atoms with Crippen molar-refractivity contribution in [3.8, 4) is 0 Å². The largest absolute Gasteiger partial charge is 0.394 e. The van der Waals surface area contributed by atoms with Crippen molar-refractivity contribution in [2.75, 3.05) is 19.7 Å². The molecule has 6 heteroatoms. The summed E-state index contributed by atoms with van der Waals surface area (Å²) in [5.41, 5.74) is 0. The molecule has 0 radical (unpaired) electrons. The Hall–Kier alpha value is -1.14. The Labute approximate surface area is 145 Å². The zero-order valence-corrected chi connectivity index (χ0v) is 15.0. The number of nitrogens with one attached hydrogen (secondary N) is 1. The van der Waals surface area contributed by atoms with Crippen LogP contribution in [0.1, 0.15) is 71.1 Å². The highest BCUT2D eigenvalue weighted by Gasteiger charge is 2.33. The molecule has 2 amide bonds. The highest BCUT2D eigenvalue weighted by atomic mass is 16.3. The molecule has 1 aliphatic rings. The minimum Gasteiger partial charge on any atom is -0.394 e. The molecule has 140 valence electrons. The predicted molar refractivity (Wildman–Crippen MR) is 93.4 cm³/mol. The number of aliphatic hydroxyl groups excluding tert-OH is 2. The average molecular weight is 342 g/mol. The summed E-state index contributed by atoms with van der Waals surface area (Å²) in [6.07, 6.45) is 7.98. The molecule has 1 saturated heterocycles. The molecule has 1 rings (SSSR count). The van der Waals surface area contributed by atoms with E-state index < -0.39 is 6.10 Å². The number of carbonyl (C=O) groups is 2. The van der Waals surface area contributed by atoms with Crippen molar-refractivity contribution in [1.29, 1.82) is 0 Å². The van der Waals surface area contributed by atoms with Crippen LogP contribution in [0.3, 0.4) is 0 Å². The molecule has 0 bridgehead atoms. The van der Waals surface area contributed by atoms with Crippen molar-refractivity contribution in [2.45, 2.75) is 83.3 Å². The number of hydrogen-bond acceptors (Lipinski definition) is 4. The Bertz CT molecular complexity index is 376. The summed E-state index contributed by atoms with van der Waals surface area (Å²) < 4.78 is 0. The van der Waals surface area contributed by atoms with E-state index in [0.717, 1.165) is 32.1 Å². The molecule has 0 aromatic rings. The molecule has 0 aromatic heterocycles. The first-order valence-electron chi connectivity index (χ1n) is 9.43. The third-order valence-corrected chi connectivity index (χ3v) is 4.57. The minimum absolute atomic E-state index is 0.00515. The monoisotopic (exact) mass is 342 g/mol. The lowest BCUT2D eigenvalue weighted by molar-refractivity contribution is -0.133. The van der Waals surface area contributed by atoms with Crippen molar-refractivity contribution >= 4 is 11.8 Å². The van der Waals surface area contributed by atoms with Crippen LogP contribution in [0.15, 0.2) is 0 Å². The fraction of sp³-hybridized carbons (Fsp3) is 0.889. The van der Waals surface area contributed by atoms with E-state index in [-0.39, 0.29) is 24.5 Å². The van der Waals surface area contributed by atoms with Crippen molar-refractivity contribution in [1.82, 2.24) is 10.2 Å². The third kappa shape index (κ3) is 8.11. The number of nitrogens with zero attached hydrogens (tertiary/aromatic N) is 1. The lowest BCUT2D eigenvalue weighted by Gasteiger charge is -2.22. The third-order valence-electron chi connectivity index (χ3n) is 4.57. The molecule has 0 aliphatic carbocycles. The first-order valence-corrected chi connectivity index (χ1v) is 9.43. The van der Waals surface area contributed by atoms with E-state index in [2.05, 4.69) is 12.2 Å². The highest BCUT2D eigenvalue weighted by Crippen LogP contribution is 2.19. The van der Waals surface area contributed by atoms with Crippen molar-refractivity contribution < 1.29 is 19.8 Å². The Morgan fingerprint density at radius 1 is 1.08 bits per heavy atom. The summed E-state index contributed by atoms with van der Waals surface area (Å²) >= 11 is 0. The Kier molecular flexibility index (Phi) is 10.7. The van der Waals surface area contributed by atoms with E-state index in [4.69, 9.17) is 0 Å². The van der Waals surface area contributed by atoms with Gasteiger partial charge in [-0.1, -0.05) is 32.6 Å². The van der Waals surface area contributed by atoms with E-state index >= 15 is 0 Å². The van der Waals surface area contributed by atoms with Crippen LogP contribution in [0.25, 0.3) is 0 Å². The van der Waals surface area contributed by atoms with Gasteiger partial charge in [-0.05, 0) is 25.7 Å². The fourth-order valence-electron chi connectivity index (χ4n) is 3.12. The van der Waals surface area contributed by atoms with E-state index in [0.29, 0.717) is 32.4 Å². The van der Waals surface area contributed by atoms with Gasteiger partial charge in [-0.2, -0.15) is 0 Å². The van der Waals surface area contributed by atoms with Crippen LogP contribution < -0.4 is 5.32 Å². The Balaban J connectivity index is 2.01. The molecule has 1 fully saturated rings. The molecule has 0 aromatic carbocycles. The molecule has 24 heavy (non-hydrogen) atoms. The van der Waals surface area contributed by atoms with Crippen LogP contribution >= 0.6 is 0 Å². The summed E-state index contributed by atoms with van der Waals surface area (Å²) in [7, 11) is 0. The molecular weight excluding hydrogens is 308 g/mol. The van der Waals surface area contributed by atoms with Gasteiger partial charge in [-0.3, -0.25) is 9.59 Å². The van der Waals surface area contributed by atoms with Crippen LogP contribution in [0, 0.1) is 0 Å². The standard InChI is InChI=1S/C18H34N2O4/c1-2-3-4-6-9-17(23)19-11-8-5-7-10-18(24)20-13-16(22)12-15(20)14-21/h15-16,21-22H,2-14H2,1H3,(H,19,23)/t15-,16+/m0/s1. The van der Waals surface area contributed by atoms with Crippen molar-refractivity contribution in [2.24, 2.45) is 0 Å². The molecular formula is C18H34N2O4.